The Hall–Kier alpha value is -0.190. The molecule has 1 aromatic heterocycles. The molecule has 1 aromatic rings. The minimum absolute atomic E-state index is 0.101. The second-order valence-electron chi connectivity index (χ2n) is 3.65. The lowest BCUT2D eigenvalue weighted by molar-refractivity contribution is 0.259. The Labute approximate surface area is 98.1 Å². The summed E-state index contributed by atoms with van der Waals surface area (Å²) in [5, 5.41) is 2.38. The molecule has 0 radical (unpaired) electrons. The summed E-state index contributed by atoms with van der Waals surface area (Å²) >= 11 is 11.0. The van der Waals surface area contributed by atoms with E-state index < -0.39 is 0 Å². The predicted molar refractivity (Wildman–Crippen MR) is 64.7 cm³/mol. The molecule has 14 heavy (non-hydrogen) atoms. The largest absolute Gasteiger partial charge is 0.346 e. The lowest BCUT2D eigenvalue weighted by Crippen LogP contribution is -2.33. The number of nitrogens with one attached hydrogen (secondary N) is 1. The van der Waals surface area contributed by atoms with E-state index in [0.717, 1.165) is 9.21 Å². The Bertz CT molecular complexity index is 335. The van der Waals surface area contributed by atoms with Crippen LogP contribution < -0.4 is 5.32 Å². The van der Waals surface area contributed by atoms with Gasteiger partial charge in [-0.2, -0.15) is 0 Å². The van der Waals surface area contributed by atoms with Crippen molar-refractivity contribution in [1.29, 1.82) is 0 Å². The molecule has 1 heterocycles. The maximum absolute atomic E-state index is 10.7. The number of rotatable bonds is 3. The molecule has 0 spiro atoms. The molecule has 78 valence electrons. The molecule has 5 heteroatoms. The van der Waals surface area contributed by atoms with Crippen LogP contribution in [0.4, 0.5) is 4.79 Å². The summed E-state index contributed by atoms with van der Waals surface area (Å²) in [7, 11) is 0. The Balaban J connectivity index is 2.69. The van der Waals surface area contributed by atoms with E-state index in [2.05, 4.69) is 31.8 Å². The number of thiol groups is 1. The highest BCUT2D eigenvalue weighted by molar-refractivity contribution is 7.96. The molecule has 0 aliphatic rings. The van der Waals surface area contributed by atoms with Gasteiger partial charge in [0, 0.05) is 16.8 Å². The van der Waals surface area contributed by atoms with Crippen molar-refractivity contribution >= 4 is 40.8 Å². The highest BCUT2D eigenvalue weighted by Gasteiger charge is 2.22. The molecule has 1 N–H and O–H groups in total. The highest BCUT2D eigenvalue weighted by Crippen LogP contribution is 2.31. The van der Waals surface area contributed by atoms with Crippen molar-refractivity contribution in [2.45, 2.75) is 19.3 Å². The van der Waals surface area contributed by atoms with E-state index in [1.165, 1.54) is 11.3 Å². The van der Waals surface area contributed by atoms with Gasteiger partial charge in [-0.3, -0.25) is 4.79 Å². The molecule has 2 nitrogen and oxygen atoms in total. The Morgan fingerprint density at radius 1 is 1.64 bits per heavy atom. The summed E-state index contributed by atoms with van der Waals surface area (Å²) in [5.74, 6) is 0. The van der Waals surface area contributed by atoms with Crippen molar-refractivity contribution in [3.8, 4) is 0 Å². The van der Waals surface area contributed by atoms with Crippen LogP contribution in [0.15, 0.2) is 12.1 Å². The molecule has 0 bridgehead atoms. The summed E-state index contributed by atoms with van der Waals surface area (Å²) in [4.78, 5) is 11.8. The maximum Gasteiger partial charge on any atom is 0.276 e. The third kappa shape index (κ3) is 3.19. The molecular formula is C9H12ClNOS2. The third-order valence-corrected chi connectivity index (χ3v) is 3.68. The van der Waals surface area contributed by atoms with Crippen molar-refractivity contribution in [1.82, 2.24) is 5.32 Å². The monoisotopic (exact) mass is 249 g/mol. The topological polar surface area (TPSA) is 29.1 Å². The van der Waals surface area contributed by atoms with Gasteiger partial charge < -0.3 is 5.32 Å². The van der Waals surface area contributed by atoms with Crippen LogP contribution in [0.3, 0.4) is 0 Å². The molecule has 0 unspecified atom stereocenters. The average molecular weight is 250 g/mol. The van der Waals surface area contributed by atoms with Crippen molar-refractivity contribution in [3.63, 3.8) is 0 Å². The smallest absolute Gasteiger partial charge is 0.276 e. The zero-order valence-corrected chi connectivity index (χ0v) is 10.5. The number of carbonyl (C=O) groups is 1. The molecule has 1 amide bonds. The van der Waals surface area contributed by atoms with Crippen molar-refractivity contribution < 1.29 is 4.79 Å². The van der Waals surface area contributed by atoms with Gasteiger partial charge in [-0.05, 0) is 12.1 Å². The van der Waals surface area contributed by atoms with E-state index in [-0.39, 0.29) is 10.7 Å². The Morgan fingerprint density at radius 3 is 2.71 bits per heavy atom. The lowest BCUT2D eigenvalue weighted by Gasteiger charge is -2.22. The minimum atomic E-state index is -0.305. The van der Waals surface area contributed by atoms with Crippen LogP contribution in [0.1, 0.15) is 18.7 Å². The number of hydrogen-bond donors (Lipinski definition) is 2. The summed E-state index contributed by atoms with van der Waals surface area (Å²) in [6.07, 6.45) is 0. The van der Waals surface area contributed by atoms with Crippen LogP contribution in [0.25, 0.3) is 0 Å². The summed E-state index contributed by atoms with van der Waals surface area (Å²) < 4.78 is 0.769. The fraction of sp³-hybridized carbons (Fsp3) is 0.444. The number of carbonyl (C=O) groups excluding carboxylic acids is 1. The average Bonchev–Trinajstić information content (AvgIpc) is 2.49. The van der Waals surface area contributed by atoms with Gasteiger partial charge in [0.25, 0.3) is 5.24 Å². The predicted octanol–water partition coefficient (Wildman–Crippen LogP) is 3.32. The van der Waals surface area contributed by atoms with Gasteiger partial charge in [0.05, 0.1) is 4.34 Å². The van der Waals surface area contributed by atoms with E-state index in [9.17, 15) is 4.79 Å². The number of halogens is 1. The fourth-order valence-electron chi connectivity index (χ4n) is 1.06. The Kier molecular flexibility index (Phi) is 3.86. The van der Waals surface area contributed by atoms with Crippen molar-refractivity contribution in [2.24, 2.45) is 0 Å². The molecule has 0 saturated heterocycles. The van der Waals surface area contributed by atoms with Crippen molar-refractivity contribution in [2.75, 3.05) is 6.54 Å². The summed E-state index contributed by atoms with van der Waals surface area (Å²) in [5.41, 5.74) is -0.101. The third-order valence-electron chi connectivity index (χ3n) is 1.92. The second-order valence-corrected chi connectivity index (χ2v) is 5.77. The highest BCUT2D eigenvalue weighted by atomic mass is 35.5. The SMILES string of the molecule is CC(C)(CNC(=O)S)c1ccc(Cl)s1. The first kappa shape index (κ1) is 11.9. The Morgan fingerprint density at radius 2 is 2.29 bits per heavy atom. The van der Waals surface area contributed by atoms with Crippen LogP contribution in [-0.4, -0.2) is 11.8 Å². The van der Waals surface area contributed by atoms with Gasteiger partial charge in [0.1, 0.15) is 0 Å². The van der Waals surface area contributed by atoms with Gasteiger partial charge in [-0.15, -0.1) is 11.3 Å². The van der Waals surface area contributed by atoms with Crippen LogP contribution in [-0.2, 0) is 5.41 Å². The van der Waals surface area contributed by atoms with E-state index in [0.29, 0.717) is 6.54 Å². The van der Waals surface area contributed by atoms with Crippen LogP contribution in [0, 0.1) is 0 Å². The molecular weight excluding hydrogens is 238 g/mol. The van der Waals surface area contributed by atoms with Gasteiger partial charge in [-0.1, -0.05) is 38.1 Å². The van der Waals surface area contributed by atoms with Gasteiger partial charge in [0.15, 0.2) is 0 Å². The molecule has 0 fully saturated rings. The molecule has 0 atom stereocenters. The van der Waals surface area contributed by atoms with E-state index in [1.807, 2.05) is 12.1 Å². The molecule has 1 rings (SSSR count). The summed E-state index contributed by atoms with van der Waals surface area (Å²) in [6, 6.07) is 3.85. The minimum Gasteiger partial charge on any atom is -0.346 e. The quantitative estimate of drug-likeness (QED) is 0.791. The van der Waals surface area contributed by atoms with Crippen LogP contribution in [0.2, 0.25) is 4.34 Å². The first-order valence-corrected chi connectivity index (χ1v) is 5.78. The first-order valence-electron chi connectivity index (χ1n) is 4.14. The number of hydrogen-bond acceptors (Lipinski definition) is 2. The normalized spacial score (nSPS) is 11.4. The van der Waals surface area contributed by atoms with Gasteiger partial charge in [0.2, 0.25) is 0 Å². The van der Waals surface area contributed by atoms with Gasteiger partial charge in [-0.25, -0.2) is 0 Å². The zero-order chi connectivity index (χ0) is 10.8. The van der Waals surface area contributed by atoms with Crippen LogP contribution >= 0.6 is 35.6 Å². The maximum atomic E-state index is 10.7. The van der Waals surface area contributed by atoms with E-state index in [4.69, 9.17) is 11.6 Å². The van der Waals surface area contributed by atoms with E-state index >= 15 is 0 Å². The van der Waals surface area contributed by atoms with Crippen molar-refractivity contribution in [3.05, 3.63) is 21.3 Å². The van der Waals surface area contributed by atoms with Crippen LogP contribution in [0.5, 0.6) is 0 Å². The summed E-state index contributed by atoms with van der Waals surface area (Å²) in [6.45, 7) is 4.67. The number of amides is 1. The lowest BCUT2D eigenvalue weighted by atomic mass is 9.92. The molecule has 0 saturated carbocycles. The number of thiophene rings is 1. The van der Waals surface area contributed by atoms with Gasteiger partial charge >= 0.3 is 0 Å². The molecule has 0 aromatic carbocycles. The van der Waals surface area contributed by atoms with E-state index in [1.54, 1.807) is 0 Å². The fourth-order valence-corrected chi connectivity index (χ4v) is 2.28. The zero-order valence-electron chi connectivity index (χ0n) is 8.00. The standard InChI is InChI=1S/C9H12ClNOS2/c1-9(2,5-11-8(12)13)6-3-4-7(10)14-6/h3-4H,5H2,1-2H3,(H2,11,12,13). The second kappa shape index (κ2) is 4.55. The molecule has 0 aliphatic heterocycles. The first-order chi connectivity index (χ1) is 6.42. The molecule has 0 aliphatic carbocycles.